The third-order valence-corrected chi connectivity index (χ3v) is 4.93. The monoisotopic (exact) mass is 620 g/mol. The van der Waals surface area contributed by atoms with Gasteiger partial charge in [0.05, 0.1) is 39.8 Å². The summed E-state index contributed by atoms with van der Waals surface area (Å²) >= 11 is 0. The number of rotatable bonds is 10. The second-order valence-electron chi connectivity index (χ2n) is 7.31. The Morgan fingerprint density at radius 3 is 1.20 bits per heavy atom. The molecule has 0 heterocycles. The van der Waals surface area contributed by atoms with E-state index in [2.05, 4.69) is 31.3 Å². The second-order valence-corrected chi connectivity index (χ2v) is 7.31. The van der Waals surface area contributed by atoms with Gasteiger partial charge >= 0.3 is 0 Å². The van der Waals surface area contributed by atoms with Gasteiger partial charge in [-0.3, -0.25) is 9.59 Å². The Morgan fingerprint density at radius 1 is 0.610 bits per heavy atom. The number of amides is 2. The Balaban J connectivity index is 0.000000762. The third-order valence-electron chi connectivity index (χ3n) is 4.93. The number of oxime groups is 4. The molecule has 0 atom stereocenters. The summed E-state index contributed by atoms with van der Waals surface area (Å²) in [5.74, 6) is 0.368. The van der Waals surface area contributed by atoms with Crippen molar-refractivity contribution in [1.29, 1.82) is 0 Å². The molecule has 17 heteroatoms. The minimum Gasteiger partial charge on any atom is -0.497 e. The Morgan fingerprint density at radius 2 is 0.951 bits per heavy atom. The van der Waals surface area contributed by atoms with Gasteiger partial charge in [-0.25, -0.2) is 0 Å². The van der Waals surface area contributed by atoms with E-state index < -0.39 is 23.2 Å². The van der Waals surface area contributed by atoms with Gasteiger partial charge in [-0.05, 0) is 38.1 Å². The quantitative estimate of drug-likeness (QED) is 0.0984. The molecule has 0 radical (unpaired) electrons. The van der Waals surface area contributed by atoms with Gasteiger partial charge in [0.1, 0.15) is 34.4 Å². The van der Waals surface area contributed by atoms with E-state index in [1.807, 2.05) is 0 Å². The summed E-state index contributed by atoms with van der Waals surface area (Å²) in [5.41, 5.74) is -0.374. The fourth-order valence-corrected chi connectivity index (χ4v) is 2.83. The fourth-order valence-electron chi connectivity index (χ4n) is 2.83. The van der Waals surface area contributed by atoms with Crippen LogP contribution in [0.25, 0.3) is 0 Å². The van der Waals surface area contributed by atoms with E-state index in [0.29, 0.717) is 34.4 Å². The minimum absolute atomic E-state index is 0. The van der Waals surface area contributed by atoms with Crippen molar-refractivity contribution < 1.29 is 65.9 Å². The normalized spacial score (nSPS) is 11.7. The molecule has 6 N–H and O–H groups in total. The van der Waals surface area contributed by atoms with Crippen LogP contribution in [0.4, 0.5) is 11.4 Å². The number of carbonyl (C=O) groups is 2. The van der Waals surface area contributed by atoms with Crippen molar-refractivity contribution in [2.45, 2.75) is 13.8 Å². The molecular weight excluding hydrogens is 591 g/mol. The van der Waals surface area contributed by atoms with Crippen LogP contribution in [0.2, 0.25) is 0 Å². The van der Waals surface area contributed by atoms with Crippen molar-refractivity contribution in [1.82, 2.24) is 0 Å². The van der Waals surface area contributed by atoms with Gasteiger partial charge in [-0.15, -0.1) is 0 Å². The molecule has 0 saturated heterocycles. The number of hydrogen-bond acceptors (Lipinski definition) is 14. The van der Waals surface area contributed by atoms with Crippen LogP contribution in [0.1, 0.15) is 13.8 Å². The number of methoxy groups -OCH3 is 4. The molecule has 2 amide bonds. The van der Waals surface area contributed by atoms with Crippen molar-refractivity contribution in [3.63, 3.8) is 0 Å². The Hall–Kier alpha value is -5.05. The van der Waals surface area contributed by atoms with Crippen molar-refractivity contribution in [3.8, 4) is 23.0 Å². The molecule has 2 aromatic rings. The predicted octanol–water partition coefficient (Wildman–Crippen LogP) is 2.64. The molecule has 41 heavy (non-hydrogen) atoms. The third kappa shape index (κ3) is 10.2. The van der Waals surface area contributed by atoms with Crippen LogP contribution in [-0.4, -0.2) is 83.9 Å². The van der Waals surface area contributed by atoms with E-state index >= 15 is 0 Å². The fraction of sp³-hybridized carbons (Fsp3) is 0.250. The summed E-state index contributed by atoms with van der Waals surface area (Å²) in [4.78, 5) is 23.8. The molecular formula is C24H30N6NiO10. The number of ether oxygens (including phenoxy) is 4. The van der Waals surface area contributed by atoms with Gasteiger partial charge in [0.2, 0.25) is 0 Å². The molecule has 0 aromatic heterocycles. The maximum atomic E-state index is 11.9. The molecule has 0 bridgehead atoms. The van der Waals surface area contributed by atoms with E-state index in [9.17, 15) is 9.59 Å². The standard InChI is InChI=1S/2C12H15N3O5.Ni/c2*1-7(14-17)11(15-18)12(16)13-9-5-4-8(19-2)6-10(9)20-3;/h2*4-6,17-18H,1-3H3,(H,13,16);/b2*14-7-,15-11-;. The molecule has 0 saturated carbocycles. The molecule has 0 aliphatic heterocycles. The van der Waals surface area contributed by atoms with E-state index in [1.165, 1.54) is 42.3 Å². The first-order valence-corrected chi connectivity index (χ1v) is 11.0. The molecule has 0 fully saturated rings. The molecule has 0 unspecified atom stereocenters. The van der Waals surface area contributed by atoms with Crippen LogP contribution < -0.4 is 29.6 Å². The second kappa shape index (κ2) is 18.3. The molecule has 2 aromatic carbocycles. The molecule has 0 aliphatic rings. The predicted molar refractivity (Wildman–Crippen MR) is 145 cm³/mol. The number of nitrogens with one attached hydrogen (secondary N) is 2. The van der Waals surface area contributed by atoms with Gasteiger partial charge in [0, 0.05) is 28.6 Å². The zero-order chi connectivity index (χ0) is 30.2. The van der Waals surface area contributed by atoms with Gasteiger partial charge in [0.15, 0.2) is 11.4 Å². The van der Waals surface area contributed by atoms with Crippen LogP contribution in [-0.2, 0) is 26.1 Å². The van der Waals surface area contributed by atoms with Crippen LogP contribution in [0.3, 0.4) is 0 Å². The average molecular weight is 621 g/mol. The molecule has 226 valence electrons. The maximum absolute atomic E-state index is 11.9. The first-order valence-electron chi connectivity index (χ1n) is 11.0. The zero-order valence-electron chi connectivity index (χ0n) is 22.8. The molecule has 0 spiro atoms. The van der Waals surface area contributed by atoms with Crippen molar-refractivity contribution in [2.24, 2.45) is 20.6 Å². The number of hydrogen-bond donors (Lipinski definition) is 6. The largest absolute Gasteiger partial charge is 0.497 e. The van der Waals surface area contributed by atoms with E-state index in [4.69, 9.17) is 39.8 Å². The zero-order valence-corrected chi connectivity index (χ0v) is 23.8. The van der Waals surface area contributed by atoms with E-state index in [-0.39, 0.29) is 27.9 Å². The Labute approximate surface area is 244 Å². The summed E-state index contributed by atoms with van der Waals surface area (Å²) in [7, 11) is 5.88. The summed E-state index contributed by atoms with van der Waals surface area (Å²) in [6, 6.07) is 9.55. The minimum atomic E-state index is -0.744. The smallest absolute Gasteiger partial charge is 0.279 e. The van der Waals surface area contributed by atoms with Crippen molar-refractivity contribution in [3.05, 3.63) is 36.4 Å². The van der Waals surface area contributed by atoms with Gasteiger partial charge in [-0.1, -0.05) is 20.6 Å². The van der Waals surface area contributed by atoms with Crippen molar-refractivity contribution >= 4 is 46.0 Å². The Kier molecular flexibility index (Phi) is 16.0. The van der Waals surface area contributed by atoms with E-state index in [1.54, 1.807) is 36.4 Å². The number of anilines is 2. The van der Waals surface area contributed by atoms with Crippen LogP contribution in [0.15, 0.2) is 57.0 Å². The average Bonchev–Trinajstić information content (AvgIpc) is 2.98. The van der Waals surface area contributed by atoms with Crippen LogP contribution in [0.5, 0.6) is 23.0 Å². The first-order chi connectivity index (χ1) is 19.1. The first kappa shape index (κ1) is 36.0. The van der Waals surface area contributed by atoms with Gasteiger partial charge in [-0.2, -0.15) is 0 Å². The SMILES string of the molecule is COc1ccc(NC(=O)C(=N\O)/C(C)=N\O)c(OC)c1.COc1ccc(NC(=O)C(=N\O)/C(C)=N\O)c(OC)c1.[Ni]. The van der Waals surface area contributed by atoms with Crippen LogP contribution >= 0.6 is 0 Å². The van der Waals surface area contributed by atoms with Crippen LogP contribution in [0, 0.1) is 0 Å². The summed E-state index contributed by atoms with van der Waals surface area (Å²) < 4.78 is 20.3. The summed E-state index contributed by atoms with van der Waals surface area (Å²) in [5, 5.41) is 50.9. The number of benzene rings is 2. The summed E-state index contributed by atoms with van der Waals surface area (Å²) in [6.07, 6.45) is 0. The van der Waals surface area contributed by atoms with E-state index in [0.717, 1.165) is 0 Å². The molecule has 0 aliphatic carbocycles. The summed E-state index contributed by atoms with van der Waals surface area (Å²) in [6.45, 7) is 2.64. The molecule has 2 rings (SSSR count). The van der Waals surface area contributed by atoms with Gasteiger partial charge in [0.25, 0.3) is 11.8 Å². The topological polar surface area (TPSA) is 225 Å². The number of carbonyl (C=O) groups excluding carboxylic acids is 2. The van der Waals surface area contributed by atoms with Gasteiger partial charge < -0.3 is 50.4 Å². The van der Waals surface area contributed by atoms with Crippen molar-refractivity contribution in [2.75, 3.05) is 39.1 Å². The number of nitrogens with zero attached hydrogens (tertiary/aromatic N) is 4. The molecule has 16 nitrogen and oxygen atoms in total. The maximum Gasteiger partial charge on any atom is 0.279 e. The Bertz CT molecular complexity index is 1210.